The second-order valence-electron chi connectivity index (χ2n) is 4.98. The van der Waals surface area contributed by atoms with Gasteiger partial charge in [0.15, 0.2) is 0 Å². The highest BCUT2D eigenvalue weighted by Crippen LogP contribution is 2.17. The minimum Gasteiger partial charge on any atom is -0.313 e. The third-order valence-corrected chi connectivity index (χ3v) is 3.60. The number of nitrogens with one attached hydrogen (secondary N) is 1. The Morgan fingerprint density at radius 1 is 1.38 bits per heavy atom. The molecule has 5 heteroatoms. The molecular formula is C16H19FN4. The first-order valence-electron chi connectivity index (χ1n) is 6.99. The van der Waals surface area contributed by atoms with Crippen LogP contribution in [0.4, 0.5) is 4.39 Å². The number of hydrogen-bond donors (Lipinski definition) is 1. The SMILES string of the molecule is CCNCc1c(C)nn(Cc2cccc(C#N)c2F)c1C. The fraction of sp³-hybridized carbons (Fsp3) is 0.375. The number of nitrogens with zero attached hydrogens (tertiary/aromatic N) is 3. The maximum Gasteiger partial charge on any atom is 0.146 e. The zero-order valence-electron chi connectivity index (χ0n) is 12.6. The van der Waals surface area contributed by atoms with E-state index in [9.17, 15) is 4.39 Å². The maximum absolute atomic E-state index is 14.1. The molecule has 2 rings (SSSR count). The molecule has 0 saturated carbocycles. The average Bonchev–Trinajstić information content (AvgIpc) is 2.74. The first-order chi connectivity index (χ1) is 10.1. The number of hydrogen-bond acceptors (Lipinski definition) is 3. The van der Waals surface area contributed by atoms with Crippen molar-refractivity contribution in [1.82, 2.24) is 15.1 Å². The van der Waals surface area contributed by atoms with E-state index in [-0.39, 0.29) is 5.56 Å². The predicted molar refractivity (Wildman–Crippen MR) is 79.3 cm³/mol. The summed E-state index contributed by atoms with van der Waals surface area (Å²) in [5.41, 5.74) is 3.67. The van der Waals surface area contributed by atoms with Crippen LogP contribution in [0.25, 0.3) is 0 Å². The van der Waals surface area contributed by atoms with Gasteiger partial charge in [0, 0.05) is 23.4 Å². The molecule has 1 N–H and O–H groups in total. The minimum atomic E-state index is -0.458. The molecule has 0 spiro atoms. The van der Waals surface area contributed by atoms with Gasteiger partial charge in [-0.25, -0.2) is 4.39 Å². The van der Waals surface area contributed by atoms with E-state index < -0.39 is 5.82 Å². The summed E-state index contributed by atoms with van der Waals surface area (Å²) in [7, 11) is 0. The lowest BCUT2D eigenvalue weighted by atomic mass is 10.1. The van der Waals surface area contributed by atoms with Gasteiger partial charge in [-0.05, 0) is 26.5 Å². The summed E-state index contributed by atoms with van der Waals surface area (Å²) in [6, 6.07) is 6.74. The Bertz CT molecular complexity index is 682. The van der Waals surface area contributed by atoms with E-state index in [1.54, 1.807) is 16.8 Å². The molecule has 2 aromatic rings. The molecular weight excluding hydrogens is 267 g/mol. The largest absolute Gasteiger partial charge is 0.313 e. The van der Waals surface area contributed by atoms with Crippen molar-refractivity contribution < 1.29 is 4.39 Å². The highest BCUT2D eigenvalue weighted by atomic mass is 19.1. The van der Waals surface area contributed by atoms with E-state index in [0.717, 1.165) is 30.0 Å². The van der Waals surface area contributed by atoms with E-state index in [1.807, 2.05) is 19.9 Å². The summed E-state index contributed by atoms with van der Waals surface area (Å²) in [4.78, 5) is 0. The van der Waals surface area contributed by atoms with Gasteiger partial charge in [0.05, 0.1) is 17.8 Å². The lowest BCUT2D eigenvalue weighted by molar-refractivity contribution is 0.575. The molecule has 0 bridgehead atoms. The fourth-order valence-electron chi connectivity index (χ4n) is 2.34. The number of nitriles is 1. The van der Waals surface area contributed by atoms with Gasteiger partial charge in [-0.15, -0.1) is 0 Å². The van der Waals surface area contributed by atoms with E-state index >= 15 is 0 Å². The van der Waals surface area contributed by atoms with E-state index in [1.165, 1.54) is 6.07 Å². The van der Waals surface area contributed by atoms with Crippen molar-refractivity contribution in [3.05, 3.63) is 52.1 Å². The van der Waals surface area contributed by atoms with Crippen LogP contribution in [0, 0.1) is 31.0 Å². The smallest absolute Gasteiger partial charge is 0.146 e. The summed E-state index contributed by atoms with van der Waals surface area (Å²) in [6.45, 7) is 7.98. The molecule has 0 aliphatic carbocycles. The number of benzene rings is 1. The van der Waals surface area contributed by atoms with Crippen molar-refractivity contribution in [3.8, 4) is 6.07 Å². The molecule has 21 heavy (non-hydrogen) atoms. The van der Waals surface area contributed by atoms with Gasteiger partial charge >= 0.3 is 0 Å². The first kappa shape index (κ1) is 15.2. The van der Waals surface area contributed by atoms with Crippen molar-refractivity contribution >= 4 is 0 Å². The van der Waals surface area contributed by atoms with Crippen LogP contribution in [0.15, 0.2) is 18.2 Å². The number of halogens is 1. The standard InChI is InChI=1S/C16H19FN4/c1-4-19-9-15-11(2)20-21(12(15)3)10-14-7-5-6-13(8-18)16(14)17/h5-7,19H,4,9-10H2,1-3H3. The van der Waals surface area contributed by atoms with Crippen molar-refractivity contribution in [3.63, 3.8) is 0 Å². The fourth-order valence-corrected chi connectivity index (χ4v) is 2.34. The van der Waals surface area contributed by atoms with Gasteiger partial charge in [-0.1, -0.05) is 19.1 Å². The zero-order valence-corrected chi connectivity index (χ0v) is 12.6. The van der Waals surface area contributed by atoms with Crippen LogP contribution in [0.1, 0.15) is 35.0 Å². The Kier molecular flexibility index (Phi) is 4.71. The highest BCUT2D eigenvalue weighted by Gasteiger charge is 2.14. The first-order valence-corrected chi connectivity index (χ1v) is 6.99. The third-order valence-electron chi connectivity index (χ3n) is 3.60. The Morgan fingerprint density at radius 3 is 2.81 bits per heavy atom. The quantitative estimate of drug-likeness (QED) is 0.919. The summed E-state index contributed by atoms with van der Waals surface area (Å²) >= 11 is 0. The molecule has 0 atom stereocenters. The second kappa shape index (κ2) is 6.51. The Balaban J connectivity index is 2.31. The third kappa shape index (κ3) is 3.11. The summed E-state index contributed by atoms with van der Waals surface area (Å²) < 4.78 is 15.9. The van der Waals surface area contributed by atoms with Gasteiger partial charge in [0.1, 0.15) is 11.9 Å². The van der Waals surface area contributed by atoms with Crippen LogP contribution in [-0.2, 0) is 13.1 Å². The van der Waals surface area contributed by atoms with Crippen molar-refractivity contribution in [1.29, 1.82) is 5.26 Å². The van der Waals surface area contributed by atoms with Crippen molar-refractivity contribution in [2.75, 3.05) is 6.54 Å². The van der Waals surface area contributed by atoms with Gasteiger partial charge in [-0.3, -0.25) is 4.68 Å². The summed E-state index contributed by atoms with van der Waals surface area (Å²) in [5, 5.41) is 16.7. The molecule has 1 aromatic carbocycles. The number of aryl methyl sites for hydroxylation is 1. The van der Waals surface area contributed by atoms with Crippen LogP contribution < -0.4 is 5.32 Å². The van der Waals surface area contributed by atoms with Crippen molar-refractivity contribution in [2.45, 2.75) is 33.9 Å². The highest BCUT2D eigenvalue weighted by molar-refractivity contribution is 5.35. The maximum atomic E-state index is 14.1. The molecule has 4 nitrogen and oxygen atoms in total. The van der Waals surface area contributed by atoms with Crippen LogP contribution in [0.3, 0.4) is 0 Å². The Hall–Kier alpha value is -2.19. The lowest BCUT2D eigenvalue weighted by Crippen LogP contribution is -2.13. The normalized spacial score (nSPS) is 10.6. The molecule has 110 valence electrons. The Labute approximate surface area is 124 Å². The topological polar surface area (TPSA) is 53.6 Å². The van der Waals surface area contributed by atoms with Crippen LogP contribution in [-0.4, -0.2) is 16.3 Å². The second-order valence-corrected chi connectivity index (χ2v) is 4.98. The molecule has 0 aliphatic rings. The zero-order chi connectivity index (χ0) is 15.4. The van der Waals surface area contributed by atoms with E-state index in [0.29, 0.717) is 12.1 Å². The van der Waals surface area contributed by atoms with Crippen LogP contribution in [0.5, 0.6) is 0 Å². The van der Waals surface area contributed by atoms with Crippen LogP contribution in [0.2, 0.25) is 0 Å². The van der Waals surface area contributed by atoms with Crippen LogP contribution >= 0.6 is 0 Å². The molecule has 0 fully saturated rings. The molecule has 0 amide bonds. The molecule has 1 heterocycles. The molecule has 0 radical (unpaired) electrons. The average molecular weight is 286 g/mol. The predicted octanol–water partition coefficient (Wildman–Crippen LogP) is 2.67. The molecule has 0 unspecified atom stereocenters. The molecule has 1 aromatic heterocycles. The summed E-state index contributed by atoms with van der Waals surface area (Å²) in [5.74, 6) is -0.458. The number of aromatic nitrogens is 2. The van der Waals surface area contributed by atoms with Gasteiger partial charge < -0.3 is 5.32 Å². The molecule has 0 saturated heterocycles. The Morgan fingerprint density at radius 2 is 2.14 bits per heavy atom. The monoisotopic (exact) mass is 286 g/mol. The van der Waals surface area contributed by atoms with Gasteiger partial charge in [0.2, 0.25) is 0 Å². The van der Waals surface area contributed by atoms with Gasteiger partial charge in [-0.2, -0.15) is 10.4 Å². The van der Waals surface area contributed by atoms with E-state index in [2.05, 4.69) is 17.3 Å². The van der Waals surface area contributed by atoms with E-state index in [4.69, 9.17) is 5.26 Å². The lowest BCUT2D eigenvalue weighted by Gasteiger charge is -2.08. The molecule has 0 aliphatic heterocycles. The minimum absolute atomic E-state index is 0.0712. The van der Waals surface area contributed by atoms with Crippen molar-refractivity contribution in [2.24, 2.45) is 0 Å². The summed E-state index contributed by atoms with van der Waals surface area (Å²) in [6.07, 6.45) is 0. The van der Waals surface area contributed by atoms with Gasteiger partial charge in [0.25, 0.3) is 0 Å². The number of rotatable bonds is 5.